The van der Waals surface area contributed by atoms with Crippen LogP contribution in [0, 0.1) is 5.82 Å². The summed E-state index contributed by atoms with van der Waals surface area (Å²) in [5.41, 5.74) is 1.15. The van der Waals surface area contributed by atoms with E-state index in [0.717, 1.165) is 5.56 Å². The van der Waals surface area contributed by atoms with E-state index >= 15 is 0 Å². The monoisotopic (exact) mass is 275 g/mol. The van der Waals surface area contributed by atoms with Crippen LogP contribution in [0.2, 0.25) is 0 Å². The molecular weight excluding hydrogens is 257 g/mol. The van der Waals surface area contributed by atoms with E-state index in [-0.39, 0.29) is 18.0 Å². The molecule has 2 rings (SSSR count). The van der Waals surface area contributed by atoms with Crippen molar-refractivity contribution >= 4 is 0 Å². The van der Waals surface area contributed by atoms with E-state index < -0.39 is 0 Å². The Hall–Kier alpha value is -2.01. The third kappa shape index (κ3) is 3.30. The molecule has 0 spiro atoms. The van der Waals surface area contributed by atoms with Crippen molar-refractivity contribution in [3.8, 4) is 5.75 Å². The van der Waals surface area contributed by atoms with Crippen molar-refractivity contribution in [2.75, 3.05) is 7.05 Å². The minimum atomic E-state index is -0.362. The molecule has 1 N–H and O–H groups in total. The highest BCUT2D eigenvalue weighted by molar-refractivity contribution is 5.31. The van der Waals surface area contributed by atoms with Gasteiger partial charge in [-0.1, -0.05) is 0 Å². The SMILES string of the molecule is CNC(c1cncc(OC(C)C)c1)c1ncccc1F. The zero-order valence-corrected chi connectivity index (χ0v) is 11.8. The summed E-state index contributed by atoms with van der Waals surface area (Å²) in [6.45, 7) is 3.89. The normalized spacial score (nSPS) is 12.4. The van der Waals surface area contributed by atoms with Crippen LogP contribution < -0.4 is 10.1 Å². The fraction of sp³-hybridized carbons (Fsp3) is 0.333. The van der Waals surface area contributed by atoms with Crippen LogP contribution >= 0.6 is 0 Å². The smallest absolute Gasteiger partial charge is 0.146 e. The first-order valence-corrected chi connectivity index (χ1v) is 6.51. The Bertz CT molecular complexity index is 575. The average molecular weight is 275 g/mol. The zero-order valence-electron chi connectivity index (χ0n) is 11.8. The molecule has 0 fully saturated rings. The van der Waals surface area contributed by atoms with Gasteiger partial charge in [0.1, 0.15) is 11.6 Å². The van der Waals surface area contributed by atoms with Gasteiger partial charge in [-0.05, 0) is 44.7 Å². The molecule has 20 heavy (non-hydrogen) atoms. The third-order valence-corrected chi connectivity index (χ3v) is 2.79. The van der Waals surface area contributed by atoms with Gasteiger partial charge < -0.3 is 10.1 Å². The maximum Gasteiger partial charge on any atom is 0.146 e. The molecule has 2 aromatic rings. The number of nitrogens with zero attached hydrogens (tertiary/aromatic N) is 2. The van der Waals surface area contributed by atoms with Crippen molar-refractivity contribution in [3.63, 3.8) is 0 Å². The van der Waals surface area contributed by atoms with E-state index in [0.29, 0.717) is 11.4 Å². The Labute approximate surface area is 118 Å². The first-order valence-electron chi connectivity index (χ1n) is 6.51. The van der Waals surface area contributed by atoms with Crippen molar-refractivity contribution in [1.29, 1.82) is 0 Å². The molecule has 0 aromatic carbocycles. The quantitative estimate of drug-likeness (QED) is 0.911. The Morgan fingerprint density at radius 2 is 2.10 bits per heavy atom. The predicted molar refractivity (Wildman–Crippen MR) is 75.1 cm³/mol. The van der Waals surface area contributed by atoms with Crippen LogP contribution in [-0.4, -0.2) is 23.1 Å². The molecule has 0 amide bonds. The zero-order chi connectivity index (χ0) is 14.5. The standard InChI is InChI=1S/C15H18FN3O/c1-10(2)20-12-7-11(8-18-9-12)14(17-3)15-13(16)5-4-6-19-15/h4-10,14,17H,1-3H3. The fourth-order valence-electron chi connectivity index (χ4n) is 2.00. The summed E-state index contributed by atoms with van der Waals surface area (Å²) < 4.78 is 19.5. The van der Waals surface area contributed by atoms with E-state index in [4.69, 9.17) is 4.74 Å². The molecule has 1 unspecified atom stereocenters. The first kappa shape index (κ1) is 14.4. The lowest BCUT2D eigenvalue weighted by Gasteiger charge is -2.17. The van der Waals surface area contributed by atoms with Gasteiger partial charge in [0.25, 0.3) is 0 Å². The molecular formula is C15H18FN3O. The molecule has 1 atom stereocenters. The molecule has 106 valence electrons. The van der Waals surface area contributed by atoms with E-state index in [1.807, 2.05) is 19.9 Å². The number of nitrogens with one attached hydrogen (secondary N) is 1. The van der Waals surface area contributed by atoms with Crippen LogP contribution in [0.1, 0.15) is 31.1 Å². The number of aromatic nitrogens is 2. The second-order valence-electron chi connectivity index (χ2n) is 4.71. The molecule has 0 saturated heterocycles. The van der Waals surface area contributed by atoms with Gasteiger partial charge in [0.2, 0.25) is 0 Å². The molecule has 0 bridgehead atoms. The Morgan fingerprint density at radius 1 is 1.30 bits per heavy atom. The van der Waals surface area contributed by atoms with E-state index in [1.54, 1.807) is 31.7 Å². The van der Waals surface area contributed by atoms with Gasteiger partial charge in [-0.25, -0.2) is 4.39 Å². The maximum absolute atomic E-state index is 13.9. The minimum Gasteiger partial charge on any atom is -0.489 e. The van der Waals surface area contributed by atoms with Crippen LogP contribution in [-0.2, 0) is 0 Å². The third-order valence-electron chi connectivity index (χ3n) is 2.79. The van der Waals surface area contributed by atoms with E-state index in [2.05, 4.69) is 15.3 Å². The second-order valence-corrected chi connectivity index (χ2v) is 4.71. The molecule has 0 aliphatic carbocycles. The van der Waals surface area contributed by atoms with Crippen LogP contribution in [0.25, 0.3) is 0 Å². The molecule has 0 saturated carbocycles. The Morgan fingerprint density at radius 3 is 2.75 bits per heavy atom. The number of halogens is 1. The van der Waals surface area contributed by atoms with Crippen LogP contribution in [0.4, 0.5) is 4.39 Å². The summed E-state index contributed by atoms with van der Waals surface area (Å²) in [6, 6.07) is 4.46. The van der Waals surface area contributed by atoms with E-state index in [9.17, 15) is 4.39 Å². The molecule has 2 aromatic heterocycles. The van der Waals surface area contributed by atoms with Gasteiger partial charge in [0.05, 0.1) is 24.0 Å². The topological polar surface area (TPSA) is 47.0 Å². The van der Waals surface area contributed by atoms with Crippen molar-refractivity contribution < 1.29 is 9.13 Å². The lowest BCUT2D eigenvalue weighted by molar-refractivity contribution is 0.241. The van der Waals surface area contributed by atoms with Crippen molar-refractivity contribution in [2.24, 2.45) is 0 Å². The molecule has 5 heteroatoms. The first-order chi connectivity index (χ1) is 9.61. The molecule has 0 aliphatic heterocycles. The van der Waals surface area contributed by atoms with Crippen molar-refractivity contribution in [2.45, 2.75) is 26.0 Å². The molecule has 2 heterocycles. The largest absolute Gasteiger partial charge is 0.489 e. The summed E-state index contributed by atoms with van der Waals surface area (Å²) >= 11 is 0. The highest BCUT2D eigenvalue weighted by Crippen LogP contribution is 2.24. The van der Waals surface area contributed by atoms with Gasteiger partial charge in [0, 0.05) is 12.4 Å². The number of pyridine rings is 2. The van der Waals surface area contributed by atoms with Gasteiger partial charge in [-0.3, -0.25) is 9.97 Å². The van der Waals surface area contributed by atoms with Gasteiger partial charge in [-0.2, -0.15) is 0 Å². The van der Waals surface area contributed by atoms with E-state index in [1.165, 1.54) is 6.07 Å². The minimum absolute atomic E-state index is 0.0617. The van der Waals surface area contributed by atoms with Crippen LogP contribution in [0.5, 0.6) is 5.75 Å². The molecule has 4 nitrogen and oxygen atoms in total. The predicted octanol–water partition coefficient (Wildman–Crippen LogP) is 2.71. The Balaban J connectivity index is 2.35. The fourth-order valence-corrected chi connectivity index (χ4v) is 2.00. The highest BCUT2D eigenvalue weighted by Gasteiger charge is 2.18. The lowest BCUT2D eigenvalue weighted by atomic mass is 10.0. The summed E-state index contributed by atoms with van der Waals surface area (Å²) in [4.78, 5) is 8.26. The molecule has 0 radical (unpaired) electrons. The number of ether oxygens (including phenoxy) is 1. The molecule has 0 aliphatic rings. The summed E-state index contributed by atoms with van der Waals surface area (Å²) in [5.74, 6) is 0.316. The van der Waals surface area contributed by atoms with Crippen molar-refractivity contribution in [1.82, 2.24) is 15.3 Å². The van der Waals surface area contributed by atoms with Gasteiger partial charge in [-0.15, -0.1) is 0 Å². The van der Waals surface area contributed by atoms with Crippen molar-refractivity contribution in [3.05, 3.63) is 53.9 Å². The number of hydrogen-bond acceptors (Lipinski definition) is 4. The summed E-state index contributed by atoms with van der Waals surface area (Å²) in [6.07, 6.45) is 4.96. The summed E-state index contributed by atoms with van der Waals surface area (Å²) in [5, 5.41) is 3.06. The number of hydrogen-bond donors (Lipinski definition) is 1. The Kier molecular flexibility index (Phi) is 4.63. The van der Waals surface area contributed by atoms with Crippen LogP contribution in [0.15, 0.2) is 36.8 Å². The van der Waals surface area contributed by atoms with Crippen LogP contribution in [0.3, 0.4) is 0 Å². The number of rotatable bonds is 5. The van der Waals surface area contributed by atoms with Gasteiger partial charge >= 0.3 is 0 Å². The van der Waals surface area contributed by atoms with Gasteiger partial charge in [0.15, 0.2) is 0 Å². The maximum atomic E-state index is 13.9. The summed E-state index contributed by atoms with van der Waals surface area (Å²) in [7, 11) is 1.76. The lowest BCUT2D eigenvalue weighted by Crippen LogP contribution is -2.20. The second kappa shape index (κ2) is 6.43. The highest BCUT2D eigenvalue weighted by atomic mass is 19.1. The average Bonchev–Trinajstić information content (AvgIpc) is 2.41.